The molecule has 166 valence electrons. The molecule has 0 bridgehead atoms. The van der Waals surface area contributed by atoms with Crippen LogP contribution < -0.4 is 5.43 Å². The molecule has 2 amide bonds. The van der Waals surface area contributed by atoms with Gasteiger partial charge in [-0.15, -0.1) is 0 Å². The number of benzene rings is 3. The van der Waals surface area contributed by atoms with Crippen molar-refractivity contribution < 1.29 is 14.7 Å². The number of phenolic OH excluding ortho intramolecular Hbond substituents is 1. The molecular formula is C25H26ClN3O3. The van der Waals surface area contributed by atoms with Crippen LogP contribution in [0.3, 0.4) is 0 Å². The summed E-state index contributed by atoms with van der Waals surface area (Å²) >= 11 is 5.85. The third kappa shape index (κ3) is 5.45. The third-order valence-electron chi connectivity index (χ3n) is 5.35. The van der Waals surface area contributed by atoms with E-state index in [0.29, 0.717) is 31.5 Å². The van der Waals surface area contributed by atoms with Gasteiger partial charge in [-0.1, -0.05) is 48.0 Å². The van der Waals surface area contributed by atoms with Crippen molar-refractivity contribution in [3.63, 3.8) is 0 Å². The zero-order valence-electron chi connectivity index (χ0n) is 18.1. The lowest BCUT2D eigenvalue weighted by Crippen LogP contribution is -2.30. The highest BCUT2D eigenvalue weighted by molar-refractivity contribution is 6.32. The van der Waals surface area contributed by atoms with E-state index in [4.69, 9.17) is 11.6 Å². The normalized spacial score (nSPS) is 11.1. The number of carbonyl (C=O) groups is 2. The predicted molar refractivity (Wildman–Crippen MR) is 128 cm³/mol. The number of hydrogen-bond donors (Lipinski definition) is 2. The van der Waals surface area contributed by atoms with Gasteiger partial charge >= 0.3 is 0 Å². The lowest BCUT2D eigenvalue weighted by molar-refractivity contribution is -0.130. The van der Waals surface area contributed by atoms with E-state index in [0.717, 1.165) is 21.9 Å². The van der Waals surface area contributed by atoms with Crippen molar-refractivity contribution in [1.82, 2.24) is 10.3 Å². The van der Waals surface area contributed by atoms with Gasteiger partial charge in [-0.2, -0.15) is 5.10 Å². The van der Waals surface area contributed by atoms with Gasteiger partial charge in [-0.25, -0.2) is 5.43 Å². The highest BCUT2D eigenvalue weighted by Crippen LogP contribution is 2.24. The first-order valence-corrected chi connectivity index (χ1v) is 10.9. The summed E-state index contributed by atoms with van der Waals surface area (Å²) in [6.07, 6.45) is 2.71. The Bertz CT molecular complexity index is 1160. The second-order valence-corrected chi connectivity index (χ2v) is 7.70. The van der Waals surface area contributed by atoms with E-state index in [-0.39, 0.29) is 16.7 Å². The first-order chi connectivity index (χ1) is 15.4. The summed E-state index contributed by atoms with van der Waals surface area (Å²) < 4.78 is 0. The van der Waals surface area contributed by atoms with E-state index in [1.54, 1.807) is 6.21 Å². The third-order valence-corrected chi connectivity index (χ3v) is 5.65. The Morgan fingerprint density at radius 3 is 2.47 bits per heavy atom. The van der Waals surface area contributed by atoms with Crippen LogP contribution in [0.1, 0.15) is 41.8 Å². The van der Waals surface area contributed by atoms with Gasteiger partial charge in [0, 0.05) is 30.6 Å². The summed E-state index contributed by atoms with van der Waals surface area (Å²) in [5.74, 6) is -0.363. The minimum atomic E-state index is -0.431. The summed E-state index contributed by atoms with van der Waals surface area (Å²) in [7, 11) is 0. The van der Waals surface area contributed by atoms with Gasteiger partial charge < -0.3 is 10.0 Å². The SMILES string of the molecule is CCN(CC)C(=O)CCc1ccc(/C=N/NC(=O)c2ccc(O)c(Cl)c2)c2ccccc12. The molecule has 0 radical (unpaired) electrons. The number of aromatic hydroxyl groups is 1. The second-order valence-electron chi connectivity index (χ2n) is 7.29. The first kappa shape index (κ1) is 23.3. The summed E-state index contributed by atoms with van der Waals surface area (Å²) in [5, 5.41) is 15.7. The molecule has 32 heavy (non-hydrogen) atoms. The molecule has 2 N–H and O–H groups in total. The van der Waals surface area contributed by atoms with E-state index >= 15 is 0 Å². The van der Waals surface area contributed by atoms with E-state index in [9.17, 15) is 14.7 Å². The number of halogens is 1. The summed E-state index contributed by atoms with van der Waals surface area (Å²) in [4.78, 5) is 26.5. The Morgan fingerprint density at radius 1 is 1.06 bits per heavy atom. The average Bonchev–Trinajstić information content (AvgIpc) is 2.80. The number of nitrogens with one attached hydrogen (secondary N) is 1. The maximum absolute atomic E-state index is 12.4. The van der Waals surface area contributed by atoms with Crippen molar-refractivity contribution in [3.8, 4) is 5.75 Å². The van der Waals surface area contributed by atoms with Crippen LogP contribution in [0.15, 0.2) is 59.7 Å². The minimum Gasteiger partial charge on any atom is -0.506 e. The Morgan fingerprint density at radius 2 is 1.78 bits per heavy atom. The number of carbonyl (C=O) groups excluding carboxylic acids is 2. The van der Waals surface area contributed by atoms with Crippen molar-refractivity contribution in [2.45, 2.75) is 26.7 Å². The van der Waals surface area contributed by atoms with E-state index in [2.05, 4.69) is 10.5 Å². The number of hydrazone groups is 1. The monoisotopic (exact) mass is 451 g/mol. The Balaban J connectivity index is 1.75. The number of amides is 2. The molecule has 0 aliphatic heterocycles. The number of fused-ring (bicyclic) bond motifs is 1. The van der Waals surface area contributed by atoms with E-state index < -0.39 is 5.91 Å². The zero-order valence-corrected chi connectivity index (χ0v) is 18.9. The van der Waals surface area contributed by atoms with Crippen LogP contribution in [-0.4, -0.2) is 41.1 Å². The number of nitrogens with zero attached hydrogens (tertiary/aromatic N) is 2. The summed E-state index contributed by atoms with van der Waals surface area (Å²) in [5.41, 5.74) is 4.72. The molecular weight excluding hydrogens is 426 g/mol. The molecule has 7 heteroatoms. The Hall–Kier alpha value is -3.38. The van der Waals surface area contributed by atoms with Gasteiger partial charge in [0.15, 0.2) is 0 Å². The Labute approximate surface area is 192 Å². The smallest absolute Gasteiger partial charge is 0.271 e. The van der Waals surface area contributed by atoms with E-state index in [1.165, 1.54) is 18.2 Å². The van der Waals surface area contributed by atoms with Crippen LogP contribution in [0.2, 0.25) is 5.02 Å². The largest absolute Gasteiger partial charge is 0.506 e. The highest BCUT2D eigenvalue weighted by Gasteiger charge is 2.12. The molecule has 0 aliphatic rings. The summed E-state index contributed by atoms with van der Waals surface area (Å²) in [6.45, 7) is 5.40. The maximum Gasteiger partial charge on any atom is 0.271 e. The van der Waals surface area contributed by atoms with Crippen molar-refractivity contribution >= 4 is 40.4 Å². The average molecular weight is 452 g/mol. The molecule has 6 nitrogen and oxygen atoms in total. The molecule has 0 aliphatic carbocycles. The van der Waals surface area contributed by atoms with Crippen molar-refractivity contribution in [2.75, 3.05) is 13.1 Å². The number of phenols is 1. The molecule has 0 saturated carbocycles. The predicted octanol–water partition coefficient (Wildman–Crippen LogP) is 4.76. The molecule has 0 unspecified atom stereocenters. The highest BCUT2D eigenvalue weighted by atomic mass is 35.5. The first-order valence-electron chi connectivity index (χ1n) is 10.5. The molecule has 0 aromatic heterocycles. The number of rotatable bonds is 8. The molecule has 0 heterocycles. The van der Waals surface area contributed by atoms with Crippen LogP contribution in [0.5, 0.6) is 5.75 Å². The van der Waals surface area contributed by atoms with Crippen LogP contribution >= 0.6 is 11.6 Å². The van der Waals surface area contributed by atoms with Crippen LogP contribution in [0.25, 0.3) is 10.8 Å². The van der Waals surface area contributed by atoms with Gasteiger partial charge in [-0.3, -0.25) is 9.59 Å². The fourth-order valence-corrected chi connectivity index (χ4v) is 3.75. The van der Waals surface area contributed by atoms with Gasteiger partial charge in [0.05, 0.1) is 11.2 Å². The quantitative estimate of drug-likeness (QED) is 0.382. The zero-order chi connectivity index (χ0) is 23.1. The lowest BCUT2D eigenvalue weighted by atomic mass is 9.97. The molecule has 0 saturated heterocycles. The van der Waals surface area contributed by atoms with Crippen LogP contribution in [0.4, 0.5) is 0 Å². The van der Waals surface area contributed by atoms with Crippen molar-refractivity contribution in [3.05, 3.63) is 76.3 Å². The maximum atomic E-state index is 12.4. The molecule has 3 rings (SSSR count). The molecule has 0 spiro atoms. The van der Waals surface area contributed by atoms with Gasteiger partial charge in [0.2, 0.25) is 5.91 Å². The molecule has 3 aromatic rings. The van der Waals surface area contributed by atoms with Gasteiger partial charge in [0.25, 0.3) is 5.91 Å². The lowest BCUT2D eigenvalue weighted by Gasteiger charge is -2.18. The van der Waals surface area contributed by atoms with Crippen molar-refractivity contribution in [2.24, 2.45) is 5.10 Å². The van der Waals surface area contributed by atoms with Crippen LogP contribution in [-0.2, 0) is 11.2 Å². The number of hydrogen-bond acceptors (Lipinski definition) is 4. The fourth-order valence-electron chi connectivity index (χ4n) is 3.56. The molecule has 0 fully saturated rings. The fraction of sp³-hybridized carbons (Fsp3) is 0.240. The standard InChI is InChI=1S/C25H26ClN3O3/c1-3-29(4-2)24(31)14-12-17-9-10-19(21-8-6-5-7-20(17)21)16-27-28-25(32)18-11-13-23(30)22(26)15-18/h5-11,13,15-16,30H,3-4,12,14H2,1-2H3,(H,28,32)/b27-16+. The molecule has 0 atom stereocenters. The van der Waals surface area contributed by atoms with Gasteiger partial charge in [-0.05, 0) is 54.8 Å². The van der Waals surface area contributed by atoms with Crippen LogP contribution in [0, 0.1) is 0 Å². The van der Waals surface area contributed by atoms with Gasteiger partial charge in [0.1, 0.15) is 5.75 Å². The van der Waals surface area contributed by atoms with E-state index in [1.807, 2.05) is 55.1 Å². The number of aryl methyl sites for hydroxylation is 1. The topological polar surface area (TPSA) is 82.0 Å². The minimum absolute atomic E-state index is 0.0860. The Kier molecular flexibility index (Phi) is 7.84. The molecule has 3 aromatic carbocycles. The second kappa shape index (κ2) is 10.8. The summed E-state index contributed by atoms with van der Waals surface area (Å²) in [6, 6.07) is 16.1. The van der Waals surface area contributed by atoms with Crippen molar-refractivity contribution in [1.29, 1.82) is 0 Å².